The number of aliphatic carboxylic acids is 1. The number of carbonyl (C=O) groups is 2. The van der Waals surface area contributed by atoms with Crippen molar-refractivity contribution in [2.45, 2.75) is 6.42 Å². The molecule has 0 unspecified atom stereocenters. The third-order valence-electron chi connectivity index (χ3n) is 5.38. The maximum Gasteiger partial charge on any atom is 0.311 e. The lowest BCUT2D eigenvalue weighted by Gasteiger charge is -2.33. The van der Waals surface area contributed by atoms with E-state index < -0.39 is 17.2 Å². The number of likely N-dealkylation sites (tertiary alicyclic amines) is 1. The number of hydrogen-bond acceptors (Lipinski definition) is 4. The van der Waals surface area contributed by atoms with Crippen molar-refractivity contribution >= 4 is 11.9 Å². The molecule has 3 heterocycles. The van der Waals surface area contributed by atoms with E-state index in [1.165, 1.54) is 17.0 Å². The highest BCUT2D eigenvalue weighted by Gasteiger charge is 2.55. The number of carboxylic acid groups (broad SMARTS) is 1. The molecule has 0 bridgehead atoms. The molecule has 136 valence electrons. The van der Waals surface area contributed by atoms with Crippen molar-refractivity contribution in [2.24, 2.45) is 11.3 Å². The van der Waals surface area contributed by atoms with Crippen LogP contribution in [-0.2, 0) is 9.53 Å². The summed E-state index contributed by atoms with van der Waals surface area (Å²) in [4.78, 5) is 26.1. The van der Waals surface area contributed by atoms with Gasteiger partial charge in [0.05, 0.1) is 17.6 Å². The quantitative estimate of drug-likeness (QED) is 0.911. The maximum absolute atomic E-state index is 13.9. The predicted molar refractivity (Wildman–Crippen MR) is 89.0 cm³/mol. The number of rotatable bonds is 3. The molecular formula is C19H18FNO5. The van der Waals surface area contributed by atoms with E-state index in [0.29, 0.717) is 26.2 Å². The number of benzene rings is 1. The molecule has 2 aliphatic heterocycles. The minimum atomic E-state index is -0.963. The van der Waals surface area contributed by atoms with Crippen LogP contribution in [0.1, 0.15) is 17.0 Å². The third kappa shape index (κ3) is 2.59. The second-order valence-corrected chi connectivity index (χ2v) is 6.81. The zero-order chi connectivity index (χ0) is 18.3. The number of carbonyl (C=O) groups excluding carboxylic acids is 1. The van der Waals surface area contributed by atoms with E-state index in [2.05, 4.69) is 0 Å². The molecular weight excluding hydrogens is 341 g/mol. The lowest BCUT2D eigenvalue weighted by molar-refractivity contribution is -0.157. The fourth-order valence-corrected chi connectivity index (χ4v) is 3.87. The predicted octanol–water partition coefficient (Wildman–Crippen LogP) is 2.65. The van der Waals surface area contributed by atoms with Crippen LogP contribution >= 0.6 is 0 Å². The number of amides is 1. The van der Waals surface area contributed by atoms with Crippen molar-refractivity contribution in [3.8, 4) is 11.3 Å². The van der Waals surface area contributed by atoms with Crippen LogP contribution in [0.3, 0.4) is 0 Å². The fraction of sp³-hybridized carbons (Fsp3) is 0.368. The van der Waals surface area contributed by atoms with Gasteiger partial charge >= 0.3 is 5.97 Å². The molecule has 1 aromatic carbocycles. The van der Waals surface area contributed by atoms with Crippen LogP contribution in [0, 0.1) is 17.2 Å². The summed E-state index contributed by atoms with van der Waals surface area (Å²) in [6.45, 7) is 1.14. The molecule has 7 heteroatoms. The summed E-state index contributed by atoms with van der Waals surface area (Å²) >= 11 is 0. The standard InChI is InChI=1S/C19H18FNO5/c20-14-4-2-1-3-13(14)15-5-6-16(26-15)17(22)21-9-12-10-25-8-7-19(12,11-21)18(23)24/h1-6,12H,7-11H2,(H,23,24)/t12-,19+/m0/s1. The van der Waals surface area contributed by atoms with Gasteiger partial charge in [-0.2, -0.15) is 0 Å². The molecule has 0 saturated carbocycles. The summed E-state index contributed by atoms with van der Waals surface area (Å²) in [5.74, 6) is -1.62. The van der Waals surface area contributed by atoms with E-state index in [4.69, 9.17) is 9.15 Å². The van der Waals surface area contributed by atoms with E-state index >= 15 is 0 Å². The number of halogens is 1. The van der Waals surface area contributed by atoms with Crippen LogP contribution in [0.4, 0.5) is 4.39 Å². The Hall–Kier alpha value is -2.67. The highest BCUT2D eigenvalue weighted by Crippen LogP contribution is 2.43. The van der Waals surface area contributed by atoms with Gasteiger partial charge < -0.3 is 19.2 Å². The van der Waals surface area contributed by atoms with Crippen LogP contribution in [0.15, 0.2) is 40.8 Å². The maximum atomic E-state index is 13.9. The Balaban J connectivity index is 1.58. The van der Waals surface area contributed by atoms with Crippen LogP contribution in [0.25, 0.3) is 11.3 Å². The summed E-state index contributed by atoms with van der Waals surface area (Å²) in [5.41, 5.74) is -0.688. The van der Waals surface area contributed by atoms with Crippen LogP contribution in [-0.4, -0.2) is 48.2 Å². The molecule has 1 aromatic heterocycles. The van der Waals surface area contributed by atoms with Crippen LogP contribution in [0.2, 0.25) is 0 Å². The third-order valence-corrected chi connectivity index (χ3v) is 5.38. The molecule has 2 fully saturated rings. The fourth-order valence-electron chi connectivity index (χ4n) is 3.87. The van der Waals surface area contributed by atoms with E-state index in [9.17, 15) is 19.1 Å². The number of nitrogens with zero attached hydrogens (tertiary/aromatic N) is 1. The Kier molecular flexibility index (Phi) is 4.03. The second-order valence-electron chi connectivity index (χ2n) is 6.81. The summed E-state index contributed by atoms with van der Waals surface area (Å²) in [6, 6.07) is 9.20. The second kappa shape index (κ2) is 6.25. The van der Waals surface area contributed by atoms with Crippen molar-refractivity contribution in [1.29, 1.82) is 0 Å². The highest BCUT2D eigenvalue weighted by atomic mass is 19.1. The van der Waals surface area contributed by atoms with E-state index in [1.807, 2.05) is 0 Å². The van der Waals surface area contributed by atoms with Crippen molar-refractivity contribution in [1.82, 2.24) is 4.90 Å². The van der Waals surface area contributed by atoms with Gasteiger partial charge in [-0.25, -0.2) is 4.39 Å². The largest absolute Gasteiger partial charge is 0.481 e. The van der Waals surface area contributed by atoms with E-state index in [0.717, 1.165) is 0 Å². The monoisotopic (exact) mass is 359 g/mol. The Morgan fingerprint density at radius 3 is 2.77 bits per heavy atom. The minimum Gasteiger partial charge on any atom is -0.481 e. The molecule has 0 aliphatic carbocycles. The first kappa shape index (κ1) is 16.8. The van der Waals surface area contributed by atoms with E-state index in [1.54, 1.807) is 24.3 Å². The van der Waals surface area contributed by atoms with Gasteiger partial charge in [0, 0.05) is 25.6 Å². The molecule has 6 nitrogen and oxygen atoms in total. The molecule has 2 saturated heterocycles. The number of carboxylic acids is 1. The minimum absolute atomic E-state index is 0.0726. The van der Waals surface area contributed by atoms with Crippen molar-refractivity contribution in [3.63, 3.8) is 0 Å². The average Bonchev–Trinajstić information content (AvgIpc) is 3.27. The van der Waals surface area contributed by atoms with Gasteiger partial charge in [0.1, 0.15) is 11.6 Å². The van der Waals surface area contributed by atoms with Gasteiger partial charge in [-0.05, 0) is 30.7 Å². The summed E-state index contributed by atoms with van der Waals surface area (Å²) < 4.78 is 24.9. The number of furan rings is 1. The Bertz CT molecular complexity index is 863. The molecule has 2 aliphatic rings. The molecule has 1 amide bonds. The number of fused-ring (bicyclic) bond motifs is 1. The normalized spacial score (nSPS) is 25.1. The van der Waals surface area contributed by atoms with Crippen LogP contribution in [0.5, 0.6) is 0 Å². The lowest BCUT2D eigenvalue weighted by atomic mass is 9.74. The average molecular weight is 359 g/mol. The summed E-state index contributed by atoms with van der Waals surface area (Å²) in [7, 11) is 0. The van der Waals surface area contributed by atoms with Crippen molar-refractivity contribution < 1.29 is 28.2 Å². The molecule has 2 atom stereocenters. The molecule has 2 aromatic rings. The Morgan fingerprint density at radius 1 is 1.23 bits per heavy atom. The van der Waals surface area contributed by atoms with Gasteiger partial charge in [-0.3, -0.25) is 9.59 Å². The SMILES string of the molecule is O=C(c1ccc(-c2ccccc2F)o1)N1C[C@H]2COCC[C@@]2(C(=O)O)C1. The number of ether oxygens (including phenoxy) is 1. The molecule has 4 rings (SSSR count). The summed E-state index contributed by atoms with van der Waals surface area (Å²) in [5, 5.41) is 9.69. The number of hydrogen-bond donors (Lipinski definition) is 1. The first-order valence-electron chi connectivity index (χ1n) is 8.46. The van der Waals surface area contributed by atoms with Crippen molar-refractivity contribution in [3.05, 3.63) is 48.0 Å². The Morgan fingerprint density at radius 2 is 2.04 bits per heavy atom. The van der Waals surface area contributed by atoms with Crippen molar-refractivity contribution in [2.75, 3.05) is 26.3 Å². The van der Waals surface area contributed by atoms with Gasteiger partial charge in [-0.1, -0.05) is 12.1 Å². The molecule has 0 spiro atoms. The van der Waals surface area contributed by atoms with Gasteiger partial charge in [0.2, 0.25) is 0 Å². The van der Waals surface area contributed by atoms with Crippen LogP contribution < -0.4 is 0 Å². The highest BCUT2D eigenvalue weighted by molar-refractivity contribution is 5.93. The first-order valence-corrected chi connectivity index (χ1v) is 8.46. The lowest BCUT2D eigenvalue weighted by Crippen LogP contribution is -2.45. The molecule has 1 N–H and O–H groups in total. The molecule has 26 heavy (non-hydrogen) atoms. The zero-order valence-corrected chi connectivity index (χ0v) is 14.0. The van der Waals surface area contributed by atoms with Gasteiger partial charge in [0.25, 0.3) is 5.91 Å². The smallest absolute Gasteiger partial charge is 0.311 e. The van der Waals surface area contributed by atoms with Gasteiger partial charge in [-0.15, -0.1) is 0 Å². The zero-order valence-electron chi connectivity index (χ0n) is 14.0. The topological polar surface area (TPSA) is 80.0 Å². The van der Waals surface area contributed by atoms with E-state index in [-0.39, 0.29) is 35.5 Å². The first-order chi connectivity index (χ1) is 12.5. The van der Waals surface area contributed by atoms with Gasteiger partial charge in [0.15, 0.2) is 5.76 Å². The molecule has 0 radical (unpaired) electrons. The Labute approximate surface area is 149 Å². The summed E-state index contributed by atoms with van der Waals surface area (Å²) in [6.07, 6.45) is 0.384.